The van der Waals surface area contributed by atoms with Gasteiger partial charge in [-0.3, -0.25) is 0 Å². The van der Waals surface area contributed by atoms with E-state index in [1.165, 1.54) is 30.4 Å². The zero-order valence-corrected chi connectivity index (χ0v) is 14.3. The fourth-order valence-corrected chi connectivity index (χ4v) is 2.82. The van der Waals surface area contributed by atoms with Crippen LogP contribution in [0, 0.1) is 0 Å². The minimum atomic E-state index is 0.474. The fourth-order valence-electron chi connectivity index (χ4n) is 2.55. The van der Waals surface area contributed by atoms with E-state index in [4.69, 9.17) is 0 Å². The lowest BCUT2D eigenvalue weighted by Gasteiger charge is -2.19. The molecule has 0 radical (unpaired) electrons. The van der Waals surface area contributed by atoms with Gasteiger partial charge in [0.25, 0.3) is 0 Å². The maximum Gasteiger partial charge on any atom is 0.0320 e. The average Bonchev–Trinajstić information content (AvgIpc) is 2.53. The summed E-state index contributed by atoms with van der Waals surface area (Å²) in [6.45, 7) is 3.30. The minimum Gasteiger partial charge on any atom is -0.310 e. The van der Waals surface area contributed by atoms with Crippen molar-refractivity contribution in [2.75, 3.05) is 6.54 Å². The van der Waals surface area contributed by atoms with E-state index in [0.29, 0.717) is 6.04 Å². The van der Waals surface area contributed by atoms with Gasteiger partial charge in [0.05, 0.1) is 0 Å². The first-order valence-corrected chi connectivity index (χ1v) is 8.61. The van der Waals surface area contributed by atoms with Gasteiger partial charge in [0.1, 0.15) is 0 Å². The summed E-state index contributed by atoms with van der Waals surface area (Å²) in [7, 11) is 0. The lowest BCUT2D eigenvalue weighted by Crippen LogP contribution is -2.22. The van der Waals surface area contributed by atoms with Gasteiger partial charge >= 0.3 is 0 Å². The van der Waals surface area contributed by atoms with Crippen LogP contribution in [0.25, 0.3) is 0 Å². The SMILES string of the molecule is CCCNC(CCCc1ccc(Br)cc1)c1ccccc1. The fraction of sp³-hybridized carbons (Fsp3) is 0.368. The van der Waals surface area contributed by atoms with E-state index in [1.807, 2.05) is 0 Å². The Labute approximate surface area is 136 Å². The molecule has 0 aliphatic carbocycles. The number of nitrogens with one attached hydrogen (secondary N) is 1. The van der Waals surface area contributed by atoms with Crippen molar-refractivity contribution < 1.29 is 0 Å². The maximum atomic E-state index is 3.67. The van der Waals surface area contributed by atoms with Crippen LogP contribution in [-0.4, -0.2) is 6.54 Å². The first-order chi connectivity index (χ1) is 10.3. The van der Waals surface area contributed by atoms with Gasteiger partial charge in [-0.05, 0) is 55.5 Å². The van der Waals surface area contributed by atoms with Crippen LogP contribution in [0.15, 0.2) is 59.1 Å². The van der Waals surface area contributed by atoms with Gasteiger partial charge in [-0.1, -0.05) is 65.3 Å². The number of halogens is 1. The molecule has 0 saturated carbocycles. The normalized spacial score (nSPS) is 12.3. The number of rotatable bonds is 8. The second-order valence-electron chi connectivity index (χ2n) is 5.44. The summed E-state index contributed by atoms with van der Waals surface area (Å²) in [5, 5.41) is 3.67. The Morgan fingerprint density at radius 2 is 1.71 bits per heavy atom. The first-order valence-electron chi connectivity index (χ1n) is 7.82. The third-order valence-corrected chi connectivity index (χ3v) is 4.24. The van der Waals surface area contributed by atoms with Gasteiger partial charge in [0, 0.05) is 10.5 Å². The molecule has 0 aromatic heterocycles. The molecule has 2 rings (SSSR count). The zero-order chi connectivity index (χ0) is 14.9. The van der Waals surface area contributed by atoms with Crippen LogP contribution in [0.2, 0.25) is 0 Å². The summed E-state index contributed by atoms with van der Waals surface area (Å²) in [5.41, 5.74) is 2.82. The van der Waals surface area contributed by atoms with E-state index in [9.17, 15) is 0 Å². The van der Waals surface area contributed by atoms with Gasteiger partial charge in [0.15, 0.2) is 0 Å². The summed E-state index contributed by atoms with van der Waals surface area (Å²) in [5.74, 6) is 0. The Kier molecular flexibility index (Phi) is 6.98. The van der Waals surface area contributed by atoms with Crippen molar-refractivity contribution in [3.63, 3.8) is 0 Å². The van der Waals surface area contributed by atoms with Gasteiger partial charge in [0.2, 0.25) is 0 Å². The van der Waals surface area contributed by atoms with Crippen molar-refractivity contribution in [3.8, 4) is 0 Å². The zero-order valence-electron chi connectivity index (χ0n) is 12.7. The summed E-state index contributed by atoms with van der Waals surface area (Å²) in [4.78, 5) is 0. The van der Waals surface area contributed by atoms with Crippen LogP contribution in [-0.2, 0) is 6.42 Å². The van der Waals surface area contributed by atoms with E-state index >= 15 is 0 Å². The molecule has 2 aromatic rings. The Morgan fingerprint density at radius 3 is 2.38 bits per heavy atom. The van der Waals surface area contributed by atoms with Crippen LogP contribution >= 0.6 is 15.9 Å². The van der Waals surface area contributed by atoms with Crippen molar-refractivity contribution in [3.05, 3.63) is 70.2 Å². The predicted octanol–water partition coefficient (Wildman–Crippen LogP) is 5.51. The molecule has 21 heavy (non-hydrogen) atoms. The second-order valence-corrected chi connectivity index (χ2v) is 6.35. The van der Waals surface area contributed by atoms with Gasteiger partial charge in [-0.2, -0.15) is 0 Å². The van der Waals surface area contributed by atoms with Crippen molar-refractivity contribution in [2.45, 2.75) is 38.6 Å². The van der Waals surface area contributed by atoms with Crippen LogP contribution < -0.4 is 5.32 Å². The summed E-state index contributed by atoms with van der Waals surface area (Å²) >= 11 is 3.49. The Bertz CT molecular complexity index is 507. The molecule has 1 N–H and O–H groups in total. The highest BCUT2D eigenvalue weighted by Gasteiger charge is 2.09. The molecule has 0 aliphatic rings. The highest BCUT2D eigenvalue weighted by Crippen LogP contribution is 2.20. The standard InChI is InChI=1S/C19H24BrN/c1-2-15-21-19(17-8-4-3-5-9-17)10-6-7-16-11-13-18(20)14-12-16/h3-5,8-9,11-14,19,21H,2,6-7,10,15H2,1H3. The molecule has 1 nitrogen and oxygen atoms in total. The third-order valence-electron chi connectivity index (χ3n) is 3.71. The largest absolute Gasteiger partial charge is 0.310 e. The van der Waals surface area contributed by atoms with Crippen molar-refractivity contribution >= 4 is 15.9 Å². The average molecular weight is 346 g/mol. The quantitative estimate of drug-likeness (QED) is 0.664. The van der Waals surface area contributed by atoms with Gasteiger partial charge < -0.3 is 5.32 Å². The molecule has 2 heteroatoms. The first kappa shape index (κ1) is 16.3. The molecule has 112 valence electrons. The van der Waals surface area contributed by atoms with E-state index in [-0.39, 0.29) is 0 Å². The van der Waals surface area contributed by atoms with Gasteiger partial charge in [-0.15, -0.1) is 0 Å². The van der Waals surface area contributed by atoms with E-state index in [0.717, 1.165) is 17.4 Å². The molecule has 0 heterocycles. The Hall–Kier alpha value is -1.12. The molecule has 0 amide bonds. The highest BCUT2D eigenvalue weighted by atomic mass is 79.9. The number of aryl methyl sites for hydroxylation is 1. The third kappa shape index (κ3) is 5.64. The Balaban J connectivity index is 1.88. The molecule has 1 atom stereocenters. The maximum absolute atomic E-state index is 3.67. The minimum absolute atomic E-state index is 0.474. The van der Waals surface area contributed by atoms with Crippen LogP contribution in [0.5, 0.6) is 0 Å². The van der Waals surface area contributed by atoms with Crippen LogP contribution in [0.3, 0.4) is 0 Å². The number of benzene rings is 2. The molecule has 2 aromatic carbocycles. The van der Waals surface area contributed by atoms with Crippen LogP contribution in [0.4, 0.5) is 0 Å². The molecule has 0 bridgehead atoms. The topological polar surface area (TPSA) is 12.0 Å². The molecule has 0 fully saturated rings. The summed E-state index contributed by atoms with van der Waals surface area (Å²) in [6, 6.07) is 19.9. The van der Waals surface area contributed by atoms with Crippen molar-refractivity contribution in [2.24, 2.45) is 0 Å². The molecule has 0 aliphatic heterocycles. The number of hydrogen-bond acceptors (Lipinski definition) is 1. The van der Waals surface area contributed by atoms with E-state index < -0.39 is 0 Å². The molecular formula is C19H24BrN. The summed E-state index contributed by atoms with van der Waals surface area (Å²) in [6.07, 6.45) is 4.71. The van der Waals surface area contributed by atoms with Crippen molar-refractivity contribution in [1.82, 2.24) is 5.32 Å². The highest BCUT2D eigenvalue weighted by molar-refractivity contribution is 9.10. The van der Waals surface area contributed by atoms with Gasteiger partial charge in [-0.25, -0.2) is 0 Å². The molecule has 0 spiro atoms. The van der Waals surface area contributed by atoms with Crippen molar-refractivity contribution in [1.29, 1.82) is 0 Å². The van der Waals surface area contributed by atoms with E-state index in [2.05, 4.69) is 82.8 Å². The lowest BCUT2D eigenvalue weighted by molar-refractivity contribution is 0.484. The molecule has 0 saturated heterocycles. The molecular weight excluding hydrogens is 322 g/mol. The van der Waals surface area contributed by atoms with E-state index in [1.54, 1.807) is 0 Å². The Morgan fingerprint density at radius 1 is 1.00 bits per heavy atom. The predicted molar refractivity (Wildman–Crippen MR) is 94.6 cm³/mol. The lowest BCUT2D eigenvalue weighted by atomic mass is 9.99. The number of hydrogen-bond donors (Lipinski definition) is 1. The smallest absolute Gasteiger partial charge is 0.0320 e. The monoisotopic (exact) mass is 345 g/mol. The summed E-state index contributed by atoms with van der Waals surface area (Å²) < 4.78 is 1.15. The molecule has 1 unspecified atom stereocenters. The van der Waals surface area contributed by atoms with Crippen LogP contribution in [0.1, 0.15) is 43.4 Å². The second kappa shape index (κ2) is 9.01.